The SMILES string of the molecule is Cc1c(N)cccc1C(N)=O. The molecule has 0 atom stereocenters. The van der Waals surface area contributed by atoms with Gasteiger partial charge in [-0.1, -0.05) is 6.07 Å². The molecule has 3 heteroatoms. The molecular formula is C8H10N2O. The van der Waals surface area contributed by atoms with Crippen LogP contribution in [-0.2, 0) is 0 Å². The summed E-state index contributed by atoms with van der Waals surface area (Å²) in [5.41, 5.74) is 12.5. The molecular weight excluding hydrogens is 140 g/mol. The number of hydrogen-bond donors (Lipinski definition) is 2. The van der Waals surface area contributed by atoms with Crippen molar-refractivity contribution in [1.29, 1.82) is 0 Å². The van der Waals surface area contributed by atoms with E-state index in [1.165, 1.54) is 0 Å². The summed E-state index contributed by atoms with van der Waals surface area (Å²) in [5, 5.41) is 0. The molecule has 0 radical (unpaired) electrons. The number of hydrogen-bond acceptors (Lipinski definition) is 2. The van der Waals surface area contributed by atoms with Crippen LogP contribution in [0.5, 0.6) is 0 Å². The van der Waals surface area contributed by atoms with Crippen molar-refractivity contribution >= 4 is 11.6 Å². The smallest absolute Gasteiger partial charge is 0.249 e. The van der Waals surface area contributed by atoms with Crippen molar-refractivity contribution in [2.75, 3.05) is 5.73 Å². The van der Waals surface area contributed by atoms with E-state index < -0.39 is 5.91 Å². The third kappa shape index (κ3) is 1.32. The van der Waals surface area contributed by atoms with Gasteiger partial charge in [-0.3, -0.25) is 4.79 Å². The van der Waals surface area contributed by atoms with E-state index >= 15 is 0 Å². The maximum atomic E-state index is 10.7. The van der Waals surface area contributed by atoms with Gasteiger partial charge in [0.05, 0.1) is 0 Å². The molecule has 0 unspecified atom stereocenters. The van der Waals surface area contributed by atoms with Gasteiger partial charge < -0.3 is 11.5 Å². The molecule has 58 valence electrons. The molecule has 0 aliphatic carbocycles. The van der Waals surface area contributed by atoms with Crippen molar-refractivity contribution < 1.29 is 4.79 Å². The minimum absolute atomic E-state index is 0.435. The largest absolute Gasteiger partial charge is 0.398 e. The van der Waals surface area contributed by atoms with Crippen LogP contribution in [0.1, 0.15) is 15.9 Å². The molecule has 0 aliphatic rings. The highest BCUT2D eigenvalue weighted by Gasteiger charge is 2.04. The molecule has 1 aromatic rings. The predicted molar refractivity (Wildman–Crippen MR) is 44.1 cm³/mol. The fraction of sp³-hybridized carbons (Fsp3) is 0.125. The zero-order valence-electron chi connectivity index (χ0n) is 6.29. The lowest BCUT2D eigenvalue weighted by molar-refractivity contribution is 0.1000. The van der Waals surface area contributed by atoms with Gasteiger partial charge in [0.15, 0.2) is 0 Å². The summed E-state index contributed by atoms with van der Waals surface area (Å²) in [6.07, 6.45) is 0. The highest BCUT2D eigenvalue weighted by atomic mass is 16.1. The summed E-state index contributed by atoms with van der Waals surface area (Å²) in [5.74, 6) is -0.435. The second-order valence-corrected chi connectivity index (χ2v) is 2.38. The van der Waals surface area contributed by atoms with Crippen molar-refractivity contribution in [2.24, 2.45) is 5.73 Å². The molecule has 1 rings (SSSR count). The van der Waals surface area contributed by atoms with Crippen molar-refractivity contribution in [3.63, 3.8) is 0 Å². The molecule has 3 nitrogen and oxygen atoms in total. The zero-order valence-corrected chi connectivity index (χ0v) is 6.29. The molecule has 11 heavy (non-hydrogen) atoms. The van der Waals surface area contributed by atoms with Crippen LogP contribution in [0.3, 0.4) is 0 Å². The van der Waals surface area contributed by atoms with E-state index in [1.807, 2.05) is 0 Å². The Hall–Kier alpha value is -1.51. The molecule has 1 aromatic carbocycles. The molecule has 0 aliphatic heterocycles. The first kappa shape index (κ1) is 7.60. The summed E-state index contributed by atoms with van der Waals surface area (Å²) < 4.78 is 0. The number of benzene rings is 1. The van der Waals surface area contributed by atoms with Crippen LogP contribution in [0, 0.1) is 6.92 Å². The lowest BCUT2D eigenvalue weighted by Crippen LogP contribution is -2.13. The molecule has 0 bridgehead atoms. The number of carbonyl (C=O) groups excluding carboxylic acids is 1. The number of nitrogen functional groups attached to an aromatic ring is 1. The highest BCUT2D eigenvalue weighted by molar-refractivity contribution is 5.95. The number of nitrogens with two attached hydrogens (primary N) is 2. The number of amides is 1. The van der Waals surface area contributed by atoms with E-state index in [-0.39, 0.29) is 0 Å². The van der Waals surface area contributed by atoms with Gasteiger partial charge in [0.2, 0.25) is 5.91 Å². The topological polar surface area (TPSA) is 69.1 Å². The van der Waals surface area contributed by atoms with E-state index in [4.69, 9.17) is 11.5 Å². The highest BCUT2D eigenvalue weighted by Crippen LogP contribution is 2.14. The third-order valence-electron chi connectivity index (χ3n) is 1.64. The standard InChI is InChI=1S/C8H10N2O/c1-5-6(8(10)11)3-2-4-7(5)9/h2-4H,9H2,1H3,(H2,10,11). The molecule has 0 aromatic heterocycles. The molecule has 4 N–H and O–H groups in total. The van der Waals surface area contributed by atoms with Crippen LogP contribution in [-0.4, -0.2) is 5.91 Å². The maximum absolute atomic E-state index is 10.7. The Morgan fingerprint density at radius 3 is 2.55 bits per heavy atom. The molecule has 0 fully saturated rings. The molecule has 1 amide bonds. The Kier molecular flexibility index (Phi) is 1.81. The minimum Gasteiger partial charge on any atom is -0.398 e. The maximum Gasteiger partial charge on any atom is 0.249 e. The van der Waals surface area contributed by atoms with Gasteiger partial charge in [0.25, 0.3) is 0 Å². The average Bonchev–Trinajstić information content (AvgIpc) is 1.94. The van der Waals surface area contributed by atoms with E-state index in [2.05, 4.69) is 0 Å². The van der Waals surface area contributed by atoms with Crippen LogP contribution in [0.2, 0.25) is 0 Å². The van der Waals surface area contributed by atoms with Gasteiger partial charge in [0, 0.05) is 11.3 Å². The van der Waals surface area contributed by atoms with Gasteiger partial charge in [-0.25, -0.2) is 0 Å². The first-order valence-electron chi connectivity index (χ1n) is 3.28. The van der Waals surface area contributed by atoms with Gasteiger partial charge in [-0.2, -0.15) is 0 Å². The quantitative estimate of drug-likeness (QED) is 0.578. The summed E-state index contributed by atoms with van der Waals surface area (Å²) in [4.78, 5) is 10.7. The van der Waals surface area contributed by atoms with Crippen LogP contribution in [0.15, 0.2) is 18.2 Å². The Morgan fingerprint density at radius 2 is 2.09 bits per heavy atom. The van der Waals surface area contributed by atoms with Crippen LogP contribution >= 0.6 is 0 Å². The van der Waals surface area contributed by atoms with E-state index in [1.54, 1.807) is 25.1 Å². The molecule has 0 saturated heterocycles. The minimum atomic E-state index is -0.435. The normalized spacial score (nSPS) is 9.55. The summed E-state index contributed by atoms with van der Waals surface area (Å²) in [7, 11) is 0. The monoisotopic (exact) mass is 150 g/mol. The molecule has 0 heterocycles. The third-order valence-corrected chi connectivity index (χ3v) is 1.64. The number of primary amides is 1. The van der Waals surface area contributed by atoms with Gasteiger partial charge in [-0.15, -0.1) is 0 Å². The Morgan fingerprint density at radius 1 is 1.45 bits per heavy atom. The lowest BCUT2D eigenvalue weighted by Gasteiger charge is -2.02. The van der Waals surface area contributed by atoms with Crippen LogP contribution in [0.25, 0.3) is 0 Å². The van der Waals surface area contributed by atoms with E-state index in [0.29, 0.717) is 11.3 Å². The summed E-state index contributed by atoms with van der Waals surface area (Å²) >= 11 is 0. The summed E-state index contributed by atoms with van der Waals surface area (Å²) in [6, 6.07) is 5.11. The average molecular weight is 150 g/mol. The van der Waals surface area contributed by atoms with Gasteiger partial charge >= 0.3 is 0 Å². The summed E-state index contributed by atoms with van der Waals surface area (Å²) in [6.45, 7) is 1.77. The van der Waals surface area contributed by atoms with Crippen LogP contribution < -0.4 is 11.5 Å². The second-order valence-electron chi connectivity index (χ2n) is 2.38. The Labute approximate surface area is 65.0 Å². The van der Waals surface area contributed by atoms with E-state index in [9.17, 15) is 4.79 Å². The fourth-order valence-electron chi connectivity index (χ4n) is 0.920. The Bertz CT molecular complexity index is 294. The fourth-order valence-corrected chi connectivity index (χ4v) is 0.920. The molecule has 0 saturated carbocycles. The predicted octanol–water partition coefficient (Wildman–Crippen LogP) is 0.676. The van der Waals surface area contributed by atoms with Crippen molar-refractivity contribution in [3.8, 4) is 0 Å². The lowest BCUT2D eigenvalue weighted by atomic mass is 10.1. The van der Waals surface area contributed by atoms with Crippen molar-refractivity contribution in [2.45, 2.75) is 6.92 Å². The van der Waals surface area contributed by atoms with Crippen molar-refractivity contribution in [3.05, 3.63) is 29.3 Å². The first-order chi connectivity index (χ1) is 5.13. The van der Waals surface area contributed by atoms with Crippen LogP contribution in [0.4, 0.5) is 5.69 Å². The Balaban J connectivity index is 3.27. The zero-order chi connectivity index (χ0) is 8.43. The van der Waals surface area contributed by atoms with Gasteiger partial charge in [-0.05, 0) is 24.6 Å². The first-order valence-corrected chi connectivity index (χ1v) is 3.28. The number of rotatable bonds is 1. The van der Waals surface area contributed by atoms with Crippen molar-refractivity contribution in [1.82, 2.24) is 0 Å². The second kappa shape index (κ2) is 2.62. The number of anilines is 1. The number of carbonyl (C=O) groups is 1. The van der Waals surface area contributed by atoms with Gasteiger partial charge in [0.1, 0.15) is 0 Å². The van der Waals surface area contributed by atoms with E-state index in [0.717, 1.165) is 5.56 Å². The molecule has 0 spiro atoms.